The Morgan fingerprint density at radius 3 is 2.94 bits per heavy atom. The number of aromatic nitrogens is 4. The van der Waals surface area contributed by atoms with Crippen LogP contribution in [0.25, 0.3) is 22.2 Å². The number of fused-ring (bicyclic) bond motifs is 1. The number of dihydropyridines is 1. The van der Waals surface area contributed by atoms with Crippen molar-refractivity contribution in [3.05, 3.63) is 115 Å². The number of allylic oxidation sites excluding steroid dienone is 6. The Balaban J connectivity index is 0.00000241. The minimum atomic E-state index is 0. The van der Waals surface area contributed by atoms with Gasteiger partial charge in [0, 0.05) is 56.6 Å². The first kappa shape index (κ1) is 23.4. The Morgan fingerprint density at radius 2 is 2.23 bits per heavy atom. The van der Waals surface area contributed by atoms with Crippen molar-refractivity contribution in [3.63, 3.8) is 0 Å². The second-order valence-corrected chi connectivity index (χ2v) is 7.55. The molecule has 0 atom stereocenters. The fourth-order valence-corrected chi connectivity index (χ4v) is 3.80. The number of hydrogen-bond donors (Lipinski definition) is 3. The van der Waals surface area contributed by atoms with E-state index < -0.39 is 0 Å². The van der Waals surface area contributed by atoms with E-state index in [1.807, 2.05) is 56.7 Å². The van der Waals surface area contributed by atoms with E-state index in [0.717, 1.165) is 50.4 Å². The smallest absolute Gasteiger partial charge is 0.141 e. The van der Waals surface area contributed by atoms with Crippen LogP contribution in [0.4, 0.5) is 5.69 Å². The van der Waals surface area contributed by atoms with E-state index in [4.69, 9.17) is 0 Å². The SMILES string of the molecule is C=C=C(Nc1cccnc1)/C(C=C)=C1\C=C(c2c[nH]c3ncnc(/C(C=NCC)=C/C)c23)C=CN1.[HH].[HH]. The molecule has 178 valence electrons. The summed E-state index contributed by atoms with van der Waals surface area (Å²) in [5.74, 6) is 0. The van der Waals surface area contributed by atoms with Crippen LogP contribution in [0.15, 0.2) is 108 Å². The van der Waals surface area contributed by atoms with Crippen molar-refractivity contribution in [3.8, 4) is 0 Å². The third kappa shape index (κ3) is 4.95. The molecule has 1 aliphatic rings. The number of pyridine rings is 1. The van der Waals surface area contributed by atoms with E-state index in [-0.39, 0.29) is 2.85 Å². The monoisotopic (exact) mass is 465 g/mol. The Labute approximate surface area is 207 Å². The predicted octanol–water partition coefficient (Wildman–Crippen LogP) is 6.06. The maximum atomic E-state index is 4.59. The Hall–Kier alpha value is -4.74. The molecule has 3 N–H and O–H groups in total. The third-order valence-corrected chi connectivity index (χ3v) is 5.45. The van der Waals surface area contributed by atoms with Crippen LogP contribution in [0.2, 0.25) is 0 Å². The average molecular weight is 466 g/mol. The van der Waals surface area contributed by atoms with E-state index in [1.165, 1.54) is 0 Å². The summed E-state index contributed by atoms with van der Waals surface area (Å²) in [6.45, 7) is 12.6. The first-order chi connectivity index (χ1) is 17.2. The molecule has 7 nitrogen and oxygen atoms in total. The zero-order chi connectivity index (χ0) is 24.6. The summed E-state index contributed by atoms with van der Waals surface area (Å²) >= 11 is 0. The standard InChI is InChI=1S/C28H27N7.2H2/c1-5-19(15-29-8-4)27-26-23(17-32-28(26)34-18-33-27)20-11-13-31-25(14-20)22(6-2)24(7-3)35-21-10-9-12-30-16-21;;/h5-6,9-18,31,35H,2-3,8H2,1,4H3,(H,32,33,34);2*1H/b19-5+,25-22+,29-15?;;. The van der Waals surface area contributed by atoms with Crippen molar-refractivity contribution in [1.29, 1.82) is 0 Å². The molecule has 4 rings (SSSR count). The fourth-order valence-electron chi connectivity index (χ4n) is 3.80. The first-order valence-electron chi connectivity index (χ1n) is 11.3. The lowest BCUT2D eigenvalue weighted by Gasteiger charge is -2.17. The molecule has 0 aliphatic carbocycles. The van der Waals surface area contributed by atoms with Gasteiger partial charge in [-0.3, -0.25) is 9.98 Å². The quantitative estimate of drug-likeness (QED) is 0.278. The van der Waals surface area contributed by atoms with E-state index in [2.05, 4.69) is 60.5 Å². The molecule has 0 saturated heterocycles. The molecule has 1 aliphatic heterocycles. The summed E-state index contributed by atoms with van der Waals surface area (Å²) in [5, 5.41) is 7.58. The van der Waals surface area contributed by atoms with Gasteiger partial charge in [0.1, 0.15) is 12.0 Å². The second-order valence-electron chi connectivity index (χ2n) is 7.55. The van der Waals surface area contributed by atoms with Crippen molar-refractivity contribution in [1.82, 2.24) is 25.3 Å². The van der Waals surface area contributed by atoms with E-state index in [1.54, 1.807) is 24.8 Å². The van der Waals surface area contributed by atoms with Gasteiger partial charge < -0.3 is 15.6 Å². The molecular weight excluding hydrogens is 434 g/mol. The van der Waals surface area contributed by atoms with Crippen LogP contribution in [0.5, 0.6) is 0 Å². The van der Waals surface area contributed by atoms with Crippen molar-refractivity contribution in [2.24, 2.45) is 4.99 Å². The molecule has 0 bridgehead atoms. The summed E-state index contributed by atoms with van der Waals surface area (Å²) in [6.07, 6.45) is 18.6. The highest BCUT2D eigenvalue weighted by Crippen LogP contribution is 2.32. The number of nitrogens with one attached hydrogen (secondary N) is 3. The van der Waals surface area contributed by atoms with E-state index in [0.29, 0.717) is 12.2 Å². The molecule has 0 amide bonds. The highest BCUT2D eigenvalue weighted by Gasteiger charge is 2.18. The Morgan fingerprint density at radius 1 is 1.34 bits per heavy atom. The van der Waals surface area contributed by atoms with Gasteiger partial charge in [-0.15, -0.1) is 5.73 Å². The van der Waals surface area contributed by atoms with Crippen LogP contribution in [0, 0.1) is 0 Å². The molecule has 0 saturated carbocycles. The fraction of sp³-hybridized carbons (Fsp3) is 0.107. The largest absolute Gasteiger partial charge is 0.361 e. The van der Waals surface area contributed by atoms with Gasteiger partial charge in [0.05, 0.1) is 28.7 Å². The van der Waals surface area contributed by atoms with Crippen LogP contribution < -0.4 is 10.6 Å². The zero-order valence-corrected chi connectivity index (χ0v) is 19.8. The van der Waals surface area contributed by atoms with Crippen LogP contribution >= 0.6 is 0 Å². The summed E-state index contributed by atoms with van der Waals surface area (Å²) in [5.41, 5.74) is 10.7. The number of nitrogens with zero attached hydrogens (tertiary/aromatic N) is 4. The molecule has 0 unspecified atom stereocenters. The van der Waals surface area contributed by atoms with Crippen molar-refractivity contribution >= 4 is 34.1 Å². The number of H-pyrrole nitrogens is 1. The summed E-state index contributed by atoms with van der Waals surface area (Å²) in [7, 11) is 0. The average Bonchev–Trinajstić information content (AvgIpc) is 3.35. The summed E-state index contributed by atoms with van der Waals surface area (Å²) < 4.78 is 0. The minimum absolute atomic E-state index is 0. The number of aliphatic imine (C=N–C) groups is 1. The highest BCUT2D eigenvalue weighted by atomic mass is 14.9. The van der Waals surface area contributed by atoms with Crippen LogP contribution in [-0.2, 0) is 0 Å². The topological polar surface area (TPSA) is 90.9 Å². The van der Waals surface area contributed by atoms with E-state index >= 15 is 0 Å². The normalized spacial score (nSPS) is 14.9. The molecule has 0 spiro atoms. The van der Waals surface area contributed by atoms with Gasteiger partial charge >= 0.3 is 0 Å². The molecule has 3 aromatic heterocycles. The lowest BCUT2D eigenvalue weighted by molar-refractivity contribution is 1.07. The molecule has 0 aromatic carbocycles. The Bertz CT molecular complexity index is 1450. The minimum Gasteiger partial charge on any atom is -0.361 e. The van der Waals surface area contributed by atoms with Crippen LogP contribution in [0.3, 0.4) is 0 Å². The first-order valence-corrected chi connectivity index (χ1v) is 11.3. The van der Waals surface area contributed by atoms with Gasteiger partial charge in [0.15, 0.2) is 0 Å². The van der Waals surface area contributed by atoms with E-state index in [9.17, 15) is 0 Å². The van der Waals surface area contributed by atoms with Crippen LogP contribution in [0.1, 0.15) is 28.0 Å². The van der Waals surface area contributed by atoms with Crippen LogP contribution in [-0.4, -0.2) is 32.7 Å². The van der Waals surface area contributed by atoms with Gasteiger partial charge in [0.2, 0.25) is 0 Å². The molecular formula is C28H31N7. The lowest BCUT2D eigenvalue weighted by atomic mass is 9.98. The Kier molecular flexibility index (Phi) is 7.31. The third-order valence-electron chi connectivity index (χ3n) is 5.45. The van der Waals surface area contributed by atoms with Gasteiger partial charge in [-0.25, -0.2) is 9.97 Å². The lowest BCUT2D eigenvalue weighted by Crippen LogP contribution is -2.13. The maximum Gasteiger partial charge on any atom is 0.141 e. The number of rotatable bonds is 8. The second kappa shape index (κ2) is 10.9. The van der Waals surface area contributed by atoms with Gasteiger partial charge in [-0.1, -0.05) is 25.3 Å². The highest BCUT2D eigenvalue weighted by molar-refractivity contribution is 6.15. The van der Waals surface area contributed by atoms with Gasteiger partial charge in [-0.2, -0.15) is 0 Å². The summed E-state index contributed by atoms with van der Waals surface area (Å²) in [6, 6.07) is 3.80. The zero-order valence-electron chi connectivity index (χ0n) is 19.8. The molecule has 0 fully saturated rings. The maximum absolute atomic E-state index is 4.59. The van der Waals surface area contributed by atoms with Crippen molar-refractivity contribution < 1.29 is 2.85 Å². The summed E-state index contributed by atoms with van der Waals surface area (Å²) in [4.78, 5) is 20.9. The molecule has 7 heteroatoms. The molecule has 3 aromatic rings. The number of anilines is 1. The van der Waals surface area contributed by atoms with Crippen molar-refractivity contribution in [2.75, 3.05) is 11.9 Å². The van der Waals surface area contributed by atoms with Gasteiger partial charge in [-0.05, 0) is 43.7 Å². The molecule has 4 heterocycles. The van der Waals surface area contributed by atoms with Crippen molar-refractivity contribution in [2.45, 2.75) is 13.8 Å². The van der Waals surface area contributed by atoms with Gasteiger partial charge in [0.25, 0.3) is 0 Å². The number of hydrogen-bond acceptors (Lipinski definition) is 6. The molecule has 0 radical (unpaired) electrons. The number of aromatic amines is 1. The molecule has 35 heavy (non-hydrogen) atoms. The predicted molar refractivity (Wildman–Crippen MR) is 149 cm³/mol.